The van der Waals surface area contributed by atoms with Gasteiger partial charge in [0.2, 0.25) is 0 Å². The van der Waals surface area contributed by atoms with Gasteiger partial charge in [-0.25, -0.2) is 9.36 Å². The second-order valence-corrected chi connectivity index (χ2v) is 4.73. The van der Waals surface area contributed by atoms with Gasteiger partial charge < -0.3 is 9.29 Å². The smallest absolute Gasteiger partial charge is 0.341 e. The van der Waals surface area contributed by atoms with Gasteiger partial charge in [0, 0.05) is 25.2 Å². The molecule has 0 amide bonds. The Kier molecular flexibility index (Phi) is 6.00. The number of hydrogen-bond acceptors (Lipinski definition) is 3. The molecule has 1 rings (SSSR count). The van der Waals surface area contributed by atoms with Crippen molar-refractivity contribution in [2.24, 2.45) is 0 Å². The molecule has 0 radical (unpaired) electrons. The number of aromatic nitrogens is 1. The third-order valence-corrected chi connectivity index (χ3v) is 3.18. The Bertz CT molecular complexity index is 382. The van der Waals surface area contributed by atoms with E-state index in [0.29, 0.717) is 5.56 Å². The number of unbranched alkanes of at least 4 members (excludes halogenated alkanes) is 1. The van der Waals surface area contributed by atoms with Crippen molar-refractivity contribution in [2.45, 2.75) is 26.3 Å². The number of pyridine rings is 1. The van der Waals surface area contributed by atoms with Gasteiger partial charge in [-0.05, 0) is 24.5 Å². The van der Waals surface area contributed by atoms with Gasteiger partial charge in [-0.1, -0.05) is 0 Å². The van der Waals surface area contributed by atoms with Crippen LogP contribution in [0.25, 0.3) is 0 Å². The SMILES string of the molecule is COSCCCC[n+]1cc(C(=O)O)ccc1C. The minimum absolute atomic E-state index is 0.335. The van der Waals surface area contributed by atoms with Crippen LogP contribution < -0.4 is 4.57 Å². The number of hydrogen-bond donors (Lipinski definition) is 1. The molecule has 0 aromatic carbocycles. The Morgan fingerprint density at radius 1 is 1.47 bits per heavy atom. The van der Waals surface area contributed by atoms with E-state index in [1.807, 2.05) is 17.6 Å². The van der Waals surface area contributed by atoms with Crippen LogP contribution in [-0.4, -0.2) is 23.9 Å². The van der Waals surface area contributed by atoms with Gasteiger partial charge in [-0.3, -0.25) is 0 Å². The number of aromatic carboxylic acids is 1. The maximum Gasteiger partial charge on any atom is 0.341 e. The Balaban J connectivity index is 2.51. The van der Waals surface area contributed by atoms with Crippen LogP contribution in [0.4, 0.5) is 0 Å². The summed E-state index contributed by atoms with van der Waals surface area (Å²) in [4.78, 5) is 10.8. The van der Waals surface area contributed by atoms with Crippen LogP contribution in [0.1, 0.15) is 28.9 Å². The molecule has 0 aliphatic rings. The largest absolute Gasteiger partial charge is 0.477 e. The molecule has 0 aliphatic heterocycles. The van der Waals surface area contributed by atoms with Gasteiger partial charge in [0.05, 0.1) is 7.11 Å². The zero-order valence-electron chi connectivity index (χ0n) is 10.2. The van der Waals surface area contributed by atoms with Crippen LogP contribution in [0.3, 0.4) is 0 Å². The highest BCUT2D eigenvalue weighted by Gasteiger charge is 2.11. The molecule has 0 spiro atoms. The molecule has 0 bridgehead atoms. The Morgan fingerprint density at radius 2 is 2.24 bits per heavy atom. The molecule has 0 aliphatic carbocycles. The van der Waals surface area contributed by atoms with Crippen molar-refractivity contribution in [3.8, 4) is 0 Å². The highest BCUT2D eigenvalue weighted by Crippen LogP contribution is 2.04. The molecular formula is C12H18NO3S+. The van der Waals surface area contributed by atoms with Crippen molar-refractivity contribution in [3.05, 3.63) is 29.6 Å². The normalized spacial score (nSPS) is 10.5. The molecule has 1 aromatic rings. The van der Waals surface area contributed by atoms with E-state index in [9.17, 15) is 4.79 Å². The first-order valence-corrected chi connectivity index (χ1v) is 6.45. The van der Waals surface area contributed by atoms with Crippen LogP contribution in [0.15, 0.2) is 18.3 Å². The quantitative estimate of drug-likeness (QED) is 0.461. The second-order valence-electron chi connectivity index (χ2n) is 3.75. The van der Waals surface area contributed by atoms with Crippen LogP contribution in [0.5, 0.6) is 0 Å². The summed E-state index contributed by atoms with van der Waals surface area (Å²) in [7, 11) is 1.67. The van der Waals surface area contributed by atoms with E-state index in [1.54, 1.807) is 19.4 Å². The highest BCUT2D eigenvalue weighted by atomic mass is 32.2. The molecule has 0 saturated heterocycles. The van der Waals surface area contributed by atoms with Gasteiger partial charge in [0.15, 0.2) is 11.9 Å². The maximum absolute atomic E-state index is 10.8. The lowest BCUT2D eigenvalue weighted by Crippen LogP contribution is -2.37. The molecule has 4 nitrogen and oxygen atoms in total. The fourth-order valence-electron chi connectivity index (χ4n) is 1.51. The fraction of sp³-hybridized carbons (Fsp3) is 0.500. The van der Waals surface area contributed by atoms with Crippen LogP contribution in [0.2, 0.25) is 0 Å². The van der Waals surface area contributed by atoms with Gasteiger partial charge in [-0.15, -0.1) is 0 Å². The summed E-state index contributed by atoms with van der Waals surface area (Å²) in [5, 5.41) is 8.91. The van der Waals surface area contributed by atoms with Crippen molar-refractivity contribution in [1.82, 2.24) is 0 Å². The first-order chi connectivity index (χ1) is 8.15. The van der Waals surface area contributed by atoms with Crippen molar-refractivity contribution in [2.75, 3.05) is 12.9 Å². The first kappa shape index (κ1) is 14.0. The summed E-state index contributed by atoms with van der Waals surface area (Å²) < 4.78 is 6.89. The summed E-state index contributed by atoms with van der Waals surface area (Å²) in [5.41, 5.74) is 1.41. The van der Waals surface area contributed by atoms with Gasteiger partial charge in [-0.2, -0.15) is 0 Å². The topological polar surface area (TPSA) is 50.4 Å². The summed E-state index contributed by atoms with van der Waals surface area (Å²) in [6, 6.07) is 3.47. The standard InChI is InChI=1S/C12H17NO3S/c1-10-5-6-11(12(14)15)9-13(10)7-3-4-8-17-16-2/h5-6,9H,3-4,7-8H2,1-2H3/p+1. The van der Waals surface area contributed by atoms with E-state index in [4.69, 9.17) is 9.29 Å². The number of rotatable bonds is 7. The third kappa shape index (κ3) is 4.75. The van der Waals surface area contributed by atoms with Crippen LogP contribution in [0, 0.1) is 6.92 Å². The average Bonchev–Trinajstić information content (AvgIpc) is 2.30. The predicted octanol–water partition coefficient (Wildman–Crippen LogP) is 2.06. The van der Waals surface area contributed by atoms with E-state index in [1.165, 1.54) is 12.0 Å². The lowest BCUT2D eigenvalue weighted by molar-refractivity contribution is -0.703. The summed E-state index contributed by atoms with van der Waals surface area (Å²) in [6.07, 6.45) is 3.77. The second kappa shape index (κ2) is 7.29. The lowest BCUT2D eigenvalue weighted by atomic mass is 10.2. The molecule has 0 saturated carbocycles. The fourth-order valence-corrected chi connectivity index (χ4v) is 2.00. The number of aryl methyl sites for hydroxylation is 2. The van der Waals surface area contributed by atoms with E-state index >= 15 is 0 Å². The molecule has 5 heteroatoms. The average molecular weight is 256 g/mol. The van der Waals surface area contributed by atoms with Gasteiger partial charge >= 0.3 is 5.97 Å². The monoisotopic (exact) mass is 256 g/mol. The Labute approximate surface area is 106 Å². The summed E-state index contributed by atoms with van der Waals surface area (Å²) in [6.45, 7) is 2.83. The summed E-state index contributed by atoms with van der Waals surface area (Å²) in [5.74, 6) is 0.0861. The predicted molar refractivity (Wildman–Crippen MR) is 67.0 cm³/mol. The molecule has 0 atom stereocenters. The van der Waals surface area contributed by atoms with Crippen LogP contribution in [-0.2, 0) is 10.7 Å². The first-order valence-electron chi connectivity index (χ1n) is 5.54. The van der Waals surface area contributed by atoms with Crippen LogP contribution >= 0.6 is 12.0 Å². The van der Waals surface area contributed by atoms with Gasteiger partial charge in [0.25, 0.3) is 0 Å². The molecule has 1 heterocycles. The number of carboxylic acids is 1. The van der Waals surface area contributed by atoms with E-state index < -0.39 is 5.97 Å². The number of nitrogens with zero attached hydrogens (tertiary/aromatic N) is 1. The van der Waals surface area contributed by atoms with Crippen molar-refractivity contribution in [1.29, 1.82) is 0 Å². The van der Waals surface area contributed by atoms with E-state index in [-0.39, 0.29) is 0 Å². The number of carboxylic acid groups (broad SMARTS) is 1. The molecular weight excluding hydrogens is 238 g/mol. The zero-order chi connectivity index (χ0) is 12.7. The molecule has 17 heavy (non-hydrogen) atoms. The molecule has 1 N–H and O–H groups in total. The number of carbonyl (C=O) groups is 1. The third-order valence-electron chi connectivity index (χ3n) is 2.49. The molecule has 94 valence electrons. The highest BCUT2D eigenvalue weighted by molar-refractivity contribution is 7.94. The molecule has 0 unspecified atom stereocenters. The van der Waals surface area contributed by atoms with Gasteiger partial charge in [0.1, 0.15) is 12.1 Å². The Morgan fingerprint density at radius 3 is 2.88 bits per heavy atom. The molecule has 0 fully saturated rings. The minimum atomic E-state index is -0.881. The van der Waals surface area contributed by atoms with Crippen molar-refractivity contribution in [3.63, 3.8) is 0 Å². The van der Waals surface area contributed by atoms with Crippen molar-refractivity contribution < 1.29 is 18.7 Å². The molecule has 1 aromatic heterocycles. The van der Waals surface area contributed by atoms with E-state index in [2.05, 4.69) is 0 Å². The lowest BCUT2D eigenvalue weighted by Gasteiger charge is -2.02. The minimum Gasteiger partial charge on any atom is -0.477 e. The zero-order valence-corrected chi connectivity index (χ0v) is 11.0. The van der Waals surface area contributed by atoms with Crippen molar-refractivity contribution >= 4 is 18.0 Å². The van der Waals surface area contributed by atoms with E-state index in [0.717, 1.165) is 30.8 Å². The maximum atomic E-state index is 10.8. The Hall–Kier alpha value is -1.07. The summed E-state index contributed by atoms with van der Waals surface area (Å²) >= 11 is 1.45.